The average molecular weight is 491 g/mol. The molecule has 4 heterocycles. The number of hydrogen-bond acceptors (Lipinski definition) is 8. The number of nitrogens with two attached hydrogens (primary N) is 1. The number of likely N-dealkylation sites (tertiary alicyclic amines) is 1. The summed E-state index contributed by atoms with van der Waals surface area (Å²) in [6.07, 6.45) is 6.98. The van der Waals surface area contributed by atoms with Crippen LogP contribution in [0.3, 0.4) is 0 Å². The van der Waals surface area contributed by atoms with Crippen LogP contribution in [0, 0.1) is 5.82 Å². The fourth-order valence-corrected chi connectivity index (χ4v) is 4.20. The first-order chi connectivity index (χ1) is 17.5. The van der Waals surface area contributed by atoms with Crippen LogP contribution in [0.15, 0.2) is 48.8 Å². The number of aromatic amines is 1. The van der Waals surface area contributed by atoms with E-state index < -0.39 is 5.82 Å². The number of nitrogens with one attached hydrogen (secondary N) is 3. The normalized spacial score (nSPS) is 14.0. The van der Waals surface area contributed by atoms with Gasteiger partial charge in [0.2, 0.25) is 5.95 Å². The monoisotopic (exact) mass is 490 g/mol. The van der Waals surface area contributed by atoms with E-state index in [-0.39, 0.29) is 29.1 Å². The van der Waals surface area contributed by atoms with Crippen LogP contribution in [-0.2, 0) is 0 Å². The lowest BCUT2D eigenvalue weighted by atomic mass is 10.1. The number of benzene rings is 1. The minimum atomic E-state index is -0.571. The number of anilines is 3. The second-order valence-corrected chi connectivity index (χ2v) is 8.58. The number of nitrogen functional groups attached to an aromatic ring is 1. The fourth-order valence-electron chi connectivity index (χ4n) is 4.20. The lowest BCUT2D eigenvalue weighted by Gasteiger charge is -2.26. The molecule has 1 aliphatic rings. The summed E-state index contributed by atoms with van der Waals surface area (Å²) < 4.78 is 20.6. The fraction of sp³-hybridized carbons (Fsp3) is 0.280. The summed E-state index contributed by atoms with van der Waals surface area (Å²) in [5.74, 6) is -0.147. The Morgan fingerprint density at radius 2 is 1.97 bits per heavy atom. The van der Waals surface area contributed by atoms with Gasteiger partial charge < -0.3 is 31.0 Å². The first kappa shape index (κ1) is 23.5. The molecule has 11 heteroatoms. The molecule has 0 aliphatic carbocycles. The summed E-state index contributed by atoms with van der Waals surface area (Å²) >= 11 is 0. The highest BCUT2D eigenvalue weighted by Gasteiger charge is 2.14. The molecule has 36 heavy (non-hydrogen) atoms. The maximum atomic E-state index is 14.8. The van der Waals surface area contributed by atoms with Crippen molar-refractivity contribution in [3.05, 3.63) is 60.3 Å². The molecule has 186 valence electrons. The maximum absolute atomic E-state index is 14.8. The SMILES string of the molecule is Nc1nc(Nc2ccc(Oc3ccnc4[nH]ccc34)c(F)c2)cc(C(=O)NCCN2CCCCC2)n1. The number of piperidine rings is 1. The van der Waals surface area contributed by atoms with Gasteiger partial charge in [0.05, 0.1) is 5.39 Å². The topological polar surface area (TPSA) is 134 Å². The van der Waals surface area contributed by atoms with E-state index in [1.807, 2.05) is 6.07 Å². The lowest BCUT2D eigenvalue weighted by molar-refractivity contribution is 0.0941. The van der Waals surface area contributed by atoms with Crippen LogP contribution >= 0.6 is 0 Å². The van der Waals surface area contributed by atoms with Crippen LogP contribution in [0.25, 0.3) is 11.0 Å². The predicted molar refractivity (Wildman–Crippen MR) is 135 cm³/mol. The predicted octanol–water partition coefficient (Wildman–Crippen LogP) is 3.83. The van der Waals surface area contributed by atoms with Gasteiger partial charge in [-0.25, -0.2) is 14.4 Å². The molecule has 1 fully saturated rings. The Morgan fingerprint density at radius 3 is 2.81 bits per heavy atom. The van der Waals surface area contributed by atoms with Crippen molar-refractivity contribution in [1.29, 1.82) is 0 Å². The molecular weight excluding hydrogens is 463 g/mol. The number of carbonyl (C=O) groups excluding carboxylic acids is 1. The minimum absolute atomic E-state index is 0.0604. The minimum Gasteiger partial charge on any atom is -0.453 e. The summed E-state index contributed by atoms with van der Waals surface area (Å²) in [5.41, 5.74) is 7.02. The van der Waals surface area contributed by atoms with Gasteiger partial charge in [0, 0.05) is 43.3 Å². The summed E-state index contributed by atoms with van der Waals surface area (Å²) in [7, 11) is 0. The van der Waals surface area contributed by atoms with Crippen LogP contribution in [-0.4, -0.2) is 56.9 Å². The molecule has 1 saturated heterocycles. The summed E-state index contributed by atoms with van der Waals surface area (Å²) in [4.78, 5) is 30.3. The molecule has 0 atom stereocenters. The maximum Gasteiger partial charge on any atom is 0.270 e. The number of halogens is 1. The van der Waals surface area contributed by atoms with Crippen molar-refractivity contribution in [2.45, 2.75) is 19.3 Å². The lowest BCUT2D eigenvalue weighted by Crippen LogP contribution is -2.37. The smallest absolute Gasteiger partial charge is 0.270 e. The number of ether oxygens (including phenoxy) is 1. The van der Waals surface area contributed by atoms with Crippen LogP contribution < -0.4 is 21.1 Å². The second-order valence-electron chi connectivity index (χ2n) is 8.58. The van der Waals surface area contributed by atoms with Crippen molar-refractivity contribution < 1.29 is 13.9 Å². The zero-order valence-electron chi connectivity index (χ0n) is 19.6. The van der Waals surface area contributed by atoms with E-state index in [0.29, 0.717) is 23.6 Å². The first-order valence-electron chi connectivity index (χ1n) is 11.9. The molecule has 5 rings (SSSR count). The molecule has 4 aromatic rings. The molecule has 1 aliphatic heterocycles. The number of amides is 1. The first-order valence-corrected chi connectivity index (χ1v) is 11.9. The molecule has 0 saturated carbocycles. The van der Waals surface area contributed by atoms with Crippen LogP contribution in [0.2, 0.25) is 0 Å². The third kappa shape index (κ3) is 5.52. The molecule has 1 aromatic carbocycles. The van der Waals surface area contributed by atoms with E-state index >= 15 is 0 Å². The van der Waals surface area contributed by atoms with E-state index in [2.05, 4.69) is 35.5 Å². The molecule has 0 bridgehead atoms. The number of H-pyrrole nitrogens is 1. The molecular formula is C25H27FN8O2. The van der Waals surface area contributed by atoms with Gasteiger partial charge in [0.1, 0.15) is 22.9 Å². The van der Waals surface area contributed by atoms with Crippen molar-refractivity contribution >= 4 is 34.4 Å². The second kappa shape index (κ2) is 10.6. The van der Waals surface area contributed by atoms with Gasteiger partial charge in [-0.05, 0) is 50.2 Å². The number of hydrogen-bond donors (Lipinski definition) is 4. The van der Waals surface area contributed by atoms with E-state index in [0.717, 1.165) is 25.0 Å². The third-order valence-corrected chi connectivity index (χ3v) is 5.98. The highest BCUT2D eigenvalue weighted by atomic mass is 19.1. The Bertz CT molecular complexity index is 1370. The van der Waals surface area contributed by atoms with Gasteiger partial charge in [-0.2, -0.15) is 4.98 Å². The van der Waals surface area contributed by atoms with E-state index in [1.54, 1.807) is 24.5 Å². The number of nitrogens with zero attached hydrogens (tertiary/aromatic N) is 4. The average Bonchev–Trinajstić information content (AvgIpc) is 3.36. The Labute approximate surface area is 207 Å². The summed E-state index contributed by atoms with van der Waals surface area (Å²) in [5, 5.41) is 6.60. The molecule has 10 nitrogen and oxygen atoms in total. The Kier molecular flexibility index (Phi) is 6.89. The highest BCUT2D eigenvalue weighted by Crippen LogP contribution is 2.31. The molecule has 0 radical (unpaired) electrons. The Hall–Kier alpha value is -4.25. The third-order valence-electron chi connectivity index (χ3n) is 5.98. The van der Waals surface area contributed by atoms with Gasteiger partial charge in [-0.1, -0.05) is 6.42 Å². The summed E-state index contributed by atoms with van der Waals surface area (Å²) in [6, 6.07) is 9.40. The molecule has 0 unspecified atom stereocenters. The van der Waals surface area contributed by atoms with Crippen molar-refractivity contribution in [1.82, 2.24) is 30.2 Å². The van der Waals surface area contributed by atoms with Gasteiger partial charge in [-0.3, -0.25) is 4.79 Å². The van der Waals surface area contributed by atoms with E-state index in [1.165, 1.54) is 37.5 Å². The Morgan fingerprint density at radius 1 is 1.11 bits per heavy atom. The standard InChI is InChI=1S/C25H27FN8O2/c26-18-14-16(4-5-21(18)36-20-7-9-29-23-17(20)6-8-28-23)31-22-15-19(32-25(27)33-22)24(35)30-10-13-34-11-2-1-3-12-34/h4-9,14-15H,1-3,10-13H2,(H,28,29)(H,30,35)(H3,27,31,32,33). The number of rotatable bonds is 8. The van der Waals surface area contributed by atoms with Gasteiger partial charge in [0.25, 0.3) is 5.91 Å². The number of carbonyl (C=O) groups is 1. The van der Waals surface area contributed by atoms with Crippen molar-refractivity contribution in [2.24, 2.45) is 0 Å². The largest absolute Gasteiger partial charge is 0.453 e. The molecule has 1 amide bonds. The van der Waals surface area contributed by atoms with Crippen molar-refractivity contribution in [3.8, 4) is 11.5 Å². The quantitative estimate of drug-likeness (QED) is 0.293. The van der Waals surface area contributed by atoms with Crippen molar-refractivity contribution in [3.63, 3.8) is 0 Å². The number of fused-ring (bicyclic) bond motifs is 1. The summed E-state index contributed by atoms with van der Waals surface area (Å²) in [6.45, 7) is 3.43. The van der Waals surface area contributed by atoms with Crippen LogP contribution in [0.1, 0.15) is 29.8 Å². The van der Waals surface area contributed by atoms with Crippen molar-refractivity contribution in [2.75, 3.05) is 37.2 Å². The zero-order chi connectivity index (χ0) is 24.9. The zero-order valence-corrected chi connectivity index (χ0v) is 19.6. The number of pyridine rings is 1. The van der Waals surface area contributed by atoms with Crippen LogP contribution in [0.5, 0.6) is 11.5 Å². The van der Waals surface area contributed by atoms with E-state index in [4.69, 9.17) is 10.5 Å². The molecule has 3 aromatic heterocycles. The van der Waals surface area contributed by atoms with Gasteiger partial charge in [-0.15, -0.1) is 0 Å². The van der Waals surface area contributed by atoms with E-state index in [9.17, 15) is 9.18 Å². The Balaban J connectivity index is 1.24. The molecule has 0 spiro atoms. The number of aromatic nitrogens is 4. The van der Waals surface area contributed by atoms with Crippen LogP contribution in [0.4, 0.5) is 21.8 Å². The van der Waals surface area contributed by atoms with Gasteiger partial charge in [0.15, 0.2) is 11.6 Å². The van der Waals surface area contributed by atoms with Gasteiger partial charge >= 0.3 is 0 Å². The molecule has 5 N–H and O–H groups in total. The highest BCUT2D eigenvalue weighted by molar-refractivity contribution is 5.93.